The summed E-state index contributed by atoms with van der Waals surface area (Å²) in [6.45, 7) is 3.29. The second-order valence-corrected chi connectivity index (χ2v) is 4.28. The van der Waals surface area contributed by atoms with Gasteiger partial charge in [-0.15, -0.1) is 0 Å². The molecule has 2 aromatic heterocycles. The predicted molar refractivity (Wildman–Crippen MR) is 78.7 cm³/mol. The third kappa shape index (κ3) is 3.78. The Balaban J connectivity index is 1.92. The van der Waals surface area contributed by atoms with E-state index >= 15 is 0 Å². The summed E-state index contributed by atoms with van der Waals surface area (Å²) in [5.74, 6) is -0.0979. The molecule has 0 aliphatic rings. The van der Waals surface area contributed by atoms with Crippen LogP contribution < -0.4 is 10.6 Å². The van der Waals surface area contributed by atoms with E-state index in [1.807, 2.05) is 25.1 Å². The molecule has 2 N–H and O–H groups in total. The van der Waals surface area contributed by atoms with Crippen LogP contribution in [-0.2, 0) is 6.42 Å². The van der Waals surface area contributed by atoms with E-state index in [2.05, 4.69) is 20.6 Å². The lowest BCUT2D eigenvalue weighted by molar-refractivity contribution is 0.0955. The number of carbonyl (C=O) groups is 1. The van der Waals surface area contributed by atoms with Gasteiger partial charge in [0.2, 0.25) is 0 Å². The monoisotopic (exact) mass is 270 g/mol. The van der Waals surface area contributed by atoms with Crippen LogP contribution in [0, 0.1) is 0 Å². The molecule has 0 spiro atoms. The molecule has 2 rings (SSSR count). The third-order valence-electron chi connectivity index (χ3n) is 2.83. The highest BCUT2D eigenvalue weighted by molar-refractivity contribution is 5.99. The molecule has 20 heavy (non-hydrogen) atoms. The molecule has 2 aromatic rings. The number of carbonyl (C=O) groups excluding carboxylic acids is 1. The van der Waals surface area contributed by atoms with Crippen molar-refractivity contribution in [3.05, 3.63) is 54.1 Å². The molecule has 2 heterocycles. The fraction of sp³-hybridized carbons (Fsp3) is 0.267. The molecule has 0 saturated carbocycles. The lowest BCUT2D eigenvalue weighted by Crippen LogP contribution is -2.26. The number of pyridine rings is 2. The van der Waals surface area contributed by atoms with Gasteiger partial charge in [0.05, 0.1) is 17.4 Å². The SMILES string of the molecule is CCNc1cnccc1C(=O)NCCc1ccccn1. The van der Waals surface area contributed by atoms with Gasteiger partial charge in [-0.3, -0.25) is 14.8 Å². The van der Waals surface area contributed by atoms with Crippen molar-refractivity contribution in [3.8, 4) is 0 Å². The van der Waals surface area contributed by atoms with Gasteiger partial charge in [0.1, 0.15) is 0 Å². The maximum Gasteiger partial charge on any atom is 0.253 e. The van der Waals surface area contributed by atoms with E-state index in [1.165, 1.54) is 0 Å². The summed E-state index contributed by atoms with van der Waals surface area (Å²) >= 11 is 0. The van der Waals surface area contributed by atoms with Gasteiger partial charge in [0.15, 0.2) is 0 Å². The first kappa shape index (κ1) is 14.0. The summed E-state index contributed by atoms with van der Waals surface area (Å²) in [7, 11) is 0. The van der Waals surface area contributed by atoms with Crippen molar-refractivity contribution >= 4 is 11.6 Å². The lowest BCUT2D eigenvalue weighted by Gasteiger charge is -2.10. The van der Waals surface area contributed by atoms with Gasteiger partial charge in [-0.1, -0.05) is 6.07 Å². The van der Waals surface area contributed by atoms with Gasteiger partial charge >= 0.3 is 0 Å². The maximum atomic E-state index is 12.1. The van der Waals surface area contributed by atoms with Crippen LogP contribution in [-0.4, -0.2) is 29.0 Å². The largest absolute Gasteiger partial charge is 0.383 e. The highest BCUT2D eigenvalue weighted by Crippen LogP contribution is 2.12. The van der Waals surface area contributed by atoms with Gasteiger partial charge in [-0.25, -0.2) is 0 Å². The van der Waals surface area contributed by atoms with Crippen LogP contribution in [0.15, 0.2) is 42.9 Å². The van der Waals surface area contributed by atoms with E-state index in [9.17, 15) is 4.79 Å². The minimum absolute atomic E-state index is 0.0979. The Morgan fingerprint density at radius 1 is 1.25 bits per heavy atom. The van der Waals surface area contributed by atoms with Crippen molar-refractivity contribution in [1.82, 2.24) is 15.3 Å². The number of nitrogens with one attached hydrogen (secondary N) is 2. The van der Waals surface area contributed by atoms with Crippen LogP contribution in [0.1, 0.15) is 23.0 Å². The third-order valence-corrected chi connectivity index (χ3v) is 2.83. The average molecular weight is 270 g/mol. The minimum atomic E-state index is -0.0979. The first-order valence-electron chi connectivity index (χ1n) is 6.67. The molecule has 0 fully saturated rings. The zero-order valence-corrected chi connectivity index (χ0v) is 11.5. The van der Waals surface area contributed by atoms with E-state index in [4.69, 9.17) is 0 Å². The van der Waals surface area contributed by atoms with Gasteiger partial charge in [0.25, 0.3) is 5.91 Å². The summed E-state index contributed by atoms with van der Waals surface area (Å²) in [5, 5.41) is 6.03. The molecule has 5 nitrogen and oxygen atoms in total. The molecule has 104 valence electrons. The number of nitrogens with zero attached hydrogens (tertiary/aromatic N) is 2. The van der Waals surface area contributed by atoms with Crippen LogP contribution in [0.5, 0.6) is 0 Å². The van der Waals surface area contributed by atoms with Crippen molar-refractivity contribution in [2.24, 2.45) is 0 Å². The molecule has 0 aliphatic heterocycles. The van der Waals surface area contributed by atoms with Gasteiger partial charge in [-0.05, 0) is 25.1 Å². The lowest BCUT2D eigenvalue weighted by atomic mass is 10.2. The normalized spacial score (nSPS) is 10.1. The Kier molecular flexibility index (Phi) is 5.06. The van der Waals surface area contributed by atoms with E-state index in [1.54, 1.807) is 24.7 Å². The van der Waals surface area contributed by atoms with Crippen LogP contribution in [0.4, 0.5) is 5.69 Å². The Morgan fingerprint density at radius 3 is 2.90 bits per heavy atom. The highest BCUT2D eigenvalue weighted by atomic mass is 16.1. The predicted octanol–water partition coefficient (Wildman–Crippen LogP) is 1.88. The number of rotatable bonds is 6. The van der Waals surface area contributed by atoms with Crippen molar-refractivity contribution in [3.63, 3.8) is 0 Å². The van der Waals surface area contributed by atoms with Gasteiger partial charge < -0.3 is 10.6 Å². The molecule has 1 amide bonds. The summed E-state index contributed by atoms with van der Waals surface area (Å²) in [4.78, 5) is 20.4. The first-order valence-corrected chi connectivity index (χ1v) is 6.67. The summed E-state index contributed by atoms with van der Waals surface area (Å²) in [6, 6.07) is 7.48. The van der Waals surface area contributed by atoms with Crippen molar-refractivity contribution in [2.75, 3.05) is 18.4 Å². The van der Waals surface area contributed by atoms with E-state index in [0.717, 1.165) is 17.9 Å². The average Bonchev–Trinajstić information content (AvgIpc) is 2.49. The summed E-state index contributed by atoms with van der Waals surface area (Å²) in [6.07, 6.45) is 5.75. The number of hydrogen-bond donors (Lipinski definition) is 2. The molecular weight excluding hydrogens is 252 g/mol. The number of anilines is 1. The molecule has 0 unspecified atom stereocenters. The zero-order chi connectivity index (χ0) is 14.2. The molecule has 0 saturated heterocycles. The van der Waals surface area contributed by atoms with Crippen molar-refractivity contribution in [1.29, 1.82) is 0 Å². The summed E-state index contributed by atoms with van der Waals surface area (Å²) < 4.78 is 0. The number of hydrogen-bond acceptors (Lipinski definition) is 4. The molecule has 0 aromatic carbocycles. The molecular formula is C15H18N4O. The van der Waals surface area contributed by atoms with Crippen LogP contribution in [0.2, 0.25) is 0 Å². The van der Waals surface area contributed by atoms with Crippen LogP contribution >= 0.6 is 0 Å². The van der Waals surface area contributed by atoms with Crippen molar-refractivity contribution in [2.45, 2.75) is 13.3 Å². The highest BCUT2D eigenvalue weighted by Gasteiger charge is 2.10. The fourth-order valence-corrected chi connectivity index (χ4v) is 1.87. The van der Waals surface area contributed by atoms with Gasteiger partial charge in [-0.2, -0.15) is 0 Å². The summed E-state index contributed by atoms with van der Waals surface area (Å²) in [5.41, 5.74) is 2.34. The smallest absolute Gasteiger partial charge is 0.253 e. The standard InChI is InChI=1S/C15H18N4O/c1-2-17-14-11-16-9-7-13(14)15(20)19-10-6-12-5-3-4-8-18-12/h3-5,7-9,11,17H,2,6,10H2,1H3,(H,19,20). The second kappa shape index (κ2) is 7.23. The zero-order valence-electron chi connectivity index (χ0n) is 11.5. The molecule has 0 atom stereocenters. The Hall–Kier alpha value is -2.43. The number of aromatic nitrogens is 2. The topological polar surface area (TPSA) is 66.9 Å². The molecule has 0 aliphatic carbocycles. The van der Waals surface area contributed by atoms with E-state index < -0.39 is 0 Å². The van der Waals surface area contributed by atoms with E-state index in [-0.39, 0.29) is 5.91 Å². The number of amides is 1. The molecule has 0 bridgehead atoms. The second-order valence-electron chi connectivity index (χ2n) is 4.28. The van der Waals surface area contributed by atoms with Crippen LogP contribution in [0.3, 0.4) is 0 Å². The van der Waals surface area contributed by atoms with Crippen molar-refractivity contribution < 1.29 is 4.79 Å². The van der Waals surface area contributed by atoms with E-state index in [0.29, 0.717) is 18.5 Å². The first-order chi connectivity index (χ1) is 9.81. The Bertz CT molecular complexity index is 557. The fourth-order valence-electron chi connectivity index (χ4n) is 1.87. The molecule has 5 heteroatoms. The quantitative estimate of drug-likeness (QED) is 0.841. The maximum absolute atomic E-state index is 12.1. The Labute approximate surface area is 118 Å². The van der Waals surface area contributed by atoms with Gasteiger partial charge in [0, 0.05) is 37.6 Å². The Morgan fingerprint density at radius 2 is 2.15 bits per heavy atom. The minimum Gasteiger partial charge on any atom is -0.383 e. The van der Waals surface area contributed by atoms with Crippen LogP contribution in [0.25, 0.3) is 0 Å². The molecule has 0 radical (unpaired) electrons.